The molecule has 0 saturated carbocycles. The Balaban J connectivity index is 2.31. The van der Waals surface area contributed by atoms with Gasteiger partial charge in [0.05, 0.1) is 12.1 Å². The summed E-state index contributed by atoms with van der Waals surface area (Å²) in [6, 6.07) is 6.05. The fourth-order valence-electron chi connectivity index (χ4n) is 3.19. The van der Waals surface area contributed by atoms with Crippen molar-refractivity contribution in [3.8, 4) is 0 Å². The molecule has 3 unspecified atom stereocenters. The van der Waals surface area contributed by atoms with Gasteiger partial charge >= 0.3 is 0 Å². The van der Waals surface area contributed by atoms with Crippen molar-refractivity contribution in [2.75, 3.05) is 13.6 Å². The molecule has 4 nitrogen and oxygen atoms in total. The molecule has 5 heteroatoms. The summed E-state index contributed by atoms with van der Waals surface area (Å²) < 4.78 is 13.1. The Kier molecular flexibility index (Phi) is 5.31. The van der Waals surface area contributed by atoms with Gasteiger partial charge in [0, 0.05) is 13.1 Å². The number of rotatable bonds is 4. The first-order chi connectivity index (χ1) is 10.0. The van der Waals surface area contributed by atoms with Gasteiger partial charge < -0.3 is 11.1 Å². The summed E-state index contributed by atoms with van der Waals surface area (Å²) in [5.41, 5.74) is 7.13. The van der Waals surface area contributed by atoms with Gasteiger partial charge in [-0.3, -0.25) is 9.69 Å². The third kappa shape index (κ3) is 3.60. The standard InChI is InChI=1S/C16H24FN3O/c1-11(18)15(12-6-8-13(17)9-7-12)20-10-4-3-5-14(20)16(21)19-2/h6-9,11,14-15H,3-5,10,18H2,1-2H3,(H,19,21). The second-order valence-corrected chi connectivity index (χ2v) is 5.72. The first-order valence-corrected chi connectivity index (χ1v) is 7.53. The molecule has 0 aromatic heterocycles. The van der Waals surface area contributed by atoms with E-state index in [1.54, 1.807) is 19.2 Å². The second-order valence-electron chi connectivity index (χ2n) is 5.72. The highest BCUT2D eigenvalue weighted by atomic mass is 19.1. The highest BCUT2D eigenvalue weighted by Gasteiger charge is 2.35. The van der Waals surface area contributed by atoms with Gasteiger partial charge in [0.1, 0.15) is 5.82 Å². The number of piperidine rings is 1. The molecule has 0 radical (unpaired) electrons. The topological polar surface area (TPSA) is 58.4 Å². The number of nitrogens with one attached hydrogen (secondary N) is 1. The summed E-state index contributed by atoms with van der Waals surface area (Å²) in [5.74, 6) is -0.230. The Hall–Kier alpha value is -1.46. The van der Waals surface area contributed by atoms with E-state index in [1.165, 1.54) is 12.1 Å². The number of likely N-dealkylation sites (tertiary alicyclic amines) is 1. The van der Waals surface area contributed by atoms with Crippen molar-refractivity contribution in [2.45, 2.75) is 44.3 Å². The van der Waals surface area contributed by atoms with Crippen molar-refractivity contribution in [1.82, 2.24) is 10.2 Å². The molecule has 0 bridgehead atoms. The maximum atomic E-state index is 13.1. The highest BCUT2D eigenvalue weighted by Crippen LogP contribution is 2.30. The lowest BCUT2D eigenvalue weighted by molar-refractivity contribution is -0.128. The van der Waals surface area contributed by atoms with E-state index in [1.807, 2.05) is 6.92 Å². The minimum absolute atomic E-state index is 0.0301. The second kappa shape index (κ2) is 7.00. The predicted molar refractivity (Wildman–Crippen MR) is 81.2 cm³/mol. The van der Waals surface area contributed by atoms with Crippen LogP contribution in [0.4, 0.5) is 4.39 Å². The largest absolute Gasteiger partial charge is 0.358 e. The predicted octanol–water partition coefficient (Wildman–Crippen LogP) is 1.81. The van der Waals surface area contributed by atoms with Crippen molar-refractivity contribution >= 4 is 5.91 Å². The van der Waals surface area contributed by atoms with Crippen molar-refractivity contribution in [2.24, 2.45) is 5.73 Å². The first-order valence-electron chi connectivity index (χ1n) is 7.53. The monoisotopic (exact) mass is 293 g/mol. The zero-order chi connectivity index (χ0) is 15.4. The minimum atomic E-state index is -0.260. The SMILES string of the molecule is CNC(=O)C1CCCCN1C(c1ccc(F)cc1)C(C)N. The summed E-state index contributed by atoms with van der Waals surface area (Å²) in [6.07, 6.45) is 2.94. The Labute approximate surface area is 125 Å². The van der Waals surface area contributed by atoms with E-state index in [0.29, 0.717) is 0 Å². The van der Waals surface area contributed by atoms with Gasteiger partial charge in [0.25, 0.3) is 0 Å². The molecular weight excluding hydrogens is 269 g/mol. The summed E-state index contributed by atoms with van der Waals surface area (Å²) >= 11 is 0. The average molecular weight is 293 g/mol. The number of likely N-dealkylation sites (N-methyl/N-ethyl adjacent to an activating group) is 1. The van der Waals surface area contributed by atoms with Crippen LogP contribution in [0.3, 0.4) is 0 Å². The zero-order valence-electron chi connectivity index (χ0n) is 12.7. The van der Waals surface area contributed by atoms with Crippen LogP contribution in [0.5, 0.6) is 0 Å². The zero-order valence-corrected chi connectivity index (χ0v) is 12.7. The van der Waals surface area contributed by atoms with E-state index >= 15 is 0 Å². The number of hydrogen-bond donors (Lipinski definition) is 2. The van der Waals surface area contributed by atoms with Gasteiger partial charge in [-0.1, -0.05) is 18.6 Å². The van der Waals surface area contributed by atoms with Crippen LogP contribution in [0.25, 0.3) is 0 Å². The van der Waals surface area contributed by atoms with Crippen LogP contribution in [0.2, 0.25) is 0 Å². The van der Waals surface area contributed by atoms with Crippen LogP contribution >= 0.6 is 0 Å². The number of carbonyl (C=O) groups is 1. The van der Waals surface area contributed by atoms with Crippen LogP contribution in [0, 0.1) is 5.82 Å². The number of amides is 1. The molecule has 1 aromatic rings. The van der Waals surface area contributed by atoms with Crippen molar-refractivity contribution in [1.29, 1.82) is 0 Å². The maximum Gasteiger partial charge on any atom is 0.237 e. The summed E-state index contributed by atoms with van der Waals surface area (Å²) in [7, 11) is 1.66. The van der Waals surface area contributed by atoms with Crippen LogP contribution in [-0.4, -0.2) is 36.5 Å². The van der Waals surface area contributed by atoms with Gasteiger partial charge in [-0.05, 0) is 44.0 Å². The summed E-state index contributed by atoms with van der Waals surface area (Å²) in [5, 5.41) is 2.74. The van der Waals surface area contributed by atoms with Gasteiger partial charge in [0.15, 0.2) is 0 Å². The van der Waals surface area contributed by atoms with E-state index in [9.17, 15) is 9.18 Å². The average Bonchev–Trinajstić information content (AvgIpc) is 2.49. The first kappa shape index (κ1) is 15.9. The number of carbonyl (C=O) groups excluding carboxylic acids is 1. The molecule has 1 fully saturated rings. The molecule has 21 heavy (non-hydrogen) atoms. The molecule has 0 spiro atoms. The molecule has 0 aliphatic carbocycles. The number of hydrogen-bond acceptors (Lipinski definition) is 3. The van der Waals surface area contributed by atoms with Crippen LogP contribution in [0.15, 0.2) is 24.3 Å². The third-order valence-electron chi connectivity index (χ3n) is 4.16. The van der Waals surface area contributed by atoms with E-state index < -0.39 is 0 Å². The molecule has 3 atom stereocenters. The van der Waals surface area contributed by atoms with Gasteiger partial charge in [-0.15, -0.1) is 0 Å². The maximum absolute atomic E-state index is 13.1. The molecule has 1 amide bonds. The molecule has 1 aliphatic rings. The number of nitrogens with zero attached hydrogens (tertiary/aromatic N) is 1. The number of benzene rings is 1. The molecule has 1 aromatic carbocycles. The Morgan fingerprint density at radius 3 is 2.62 bits per heavy atom. The number of nitrogens with two attached hydrogens (primary N) is 1. The van der Waals surface area contributed by atoms with Crippen molar-refractivity contribution < 1.29 is 9.18 Å². The smallest absolute Gasteiger partial charge is 0.237 e. The fourth-order valence-corrected chi connectivity index (χ4v) is 3.19. The van der Waals surface area contributed by atoms with E-state index in [0.717, 1.165) is 31.4 Å². The van der Waals surface area contributed by atoms with Gasteiger partial charge in [-0.25, -0.2) is 4.39 Å². The Bertz CT molecular complexity index is 475. The van der Waals surface area contributed by atoms with Crippen molar-refractivity contribution in [3.05, 3.63) is 35.6 Å². The third-order valence-corrected chi connectivity index (χ3v) is 4.16. The molecule has 1 aliphatic heterocycles. The summed E-state index contributed by atoms with van der Waals surface area (Å²) in [6.45, 7) is 2.77. The molecule has 1 saturated heterocycles. The molecule has 2 rings (SSSR count). The van der Waals surface area contributed by atoms with Crippen LogP contribution in [-0.2, 0) is 4.79 Å². The van der Waals surface area contributed by atoms with Gasteiger partial charge in [0.2, 0.25) is 5.91 Å². The Morgan fingerprint density at radius 1 is 1.38 bits per heavy atom. The van der Waals surface area contributed by atoms with Crippen LogP contribution in [0.1, 0.15) is 37.8 Å². The molecule has 3 N–H and O–H groups in total. The molecule has 116 valence electrons. The Morgan fingerprint density at radius 2 is 2.05 bits per heavy atom. The normalized spacial score (nSPS) is 22.6. The van der Waals surface area contributed by atoms with E-state index in [-0.39, 0.29) is 29.8 Å². The lowest BCUT2D eigenvalue weighted by Gasteiger charge is -2.42. The molecular formula is C16H24FN3O. The summed E-state index contributed by atoms with van der Waals surface area (Å²) in [4.78, 5) is 14.3. The van der Waals surface area contributed by atoms with Crippen molar-refractivity contribution in [3.63, 3.8) is 0 Å². The van der Waals surface area contributed by atoms with Gasteiger partial charge in [-0.2, -0.15) is 0 Å². The lowest BCUT2D eigenvalue weighted by Crippen LogP contribution is -2.53. The van der Waals surface area contributed by atoms with Crippen LogP contribution < -0.4 is 11.1 Å². The molecule has 1 heterocycles. The van der Waals surface area contributed by atoms with E-state index in [4.69, 9.17) is 5.73 Å². The quantitative estimate of drug-likeness (QED) is 0.890. The number of halogens is 1. The highest BCUT2D eigenvalue weighted by molar-refractivity contribution is 5.81. The lowest BCUT2D eigenvalue weighted by atomic mass is 9.92. The van der Waals surface area contributed by atoms with E-state index in [2.05, 4.69) is 10.2 Å². The minimum Gasteiger partial charge on any atom is -0.358 e. The fraction of sp³-hybridized carbons (Fsp3) is 0.562.